The Bertz CT molecular complexity index is 370. The highest BCUT2D eigenvalue weighted by molar-refractivity contribution is 5.91. The number of esters is 1. The zero-order valence-corrected chi connectivity index (χ0v) is 7.89. The topological polar surface area (TPSA) is 59.2 Å². The van der Waals surface area contributed by atoms with Crippen LogP contribution in [0.1, 0.15) is 33.5 Å². The fourth-order valence-corrected chi connectivity index (χ4v) is 1.08. The van der Waals surface area contributed by atoms with Crippen LogP contribution in [0.25, 0.3) is 0 Å². The Morgan fingerprint density at radius 2 is 2.29 bits per heavy atom. The fraction of sp³-hybridized carbons (Fsp3) is 0.333. The van der Waals surface area contributed by atoms with Crippen LogP contribution in [-0.2, 0) is 4.74 Å². The molecule has 0 spiro atoms. The molecule has 0 unspecified atom stereocenters. The third-order valence-electron chi connectivity index (χ3n) is 1.80. The molecule has 0 aliphatic carbocycles. The first-order valence-corrected chi connectivity index (χ1v) is 4.12. The van der Waals surface area contributed by atoms with Crippen molar-refractivity contribution in [2.24, 2.45) is 0 Å². The summed E-state index contributed by atoms with van der Waals surface area (Å²) in [6.07, 6.45) is 0.324. The lowest BCUT2D eigenvalue weighted by molar-refractivity contribution is 0.0519. The second-order valence-corrected chi connectivity index (χ2v) is 2.69. The average Bonchev–Trinajstić information content (AvgIpc) is 2.44. The van der Waals surface area contributed by atoms with Crippen molar-refractivity contribution < 1.29 is 18.7 Å². The number of hydrogen-bond acceptors (Lipinski definition) is 3. The zero-order valence-electron chi connectivity index (χ0n) is 7.89. The number of H-pyrrole nitrogens is 1. The number of rotatable bonds is 3. The molecular weight excluding hydrogens is 189 g/mol. The second kappa shape index (κ2) is 4.04. The highest BCUT2D eigenvalue weighted by Crippen LogP contribution is 2.15. The number of carbonyl (C=O) groups excluding carboxylic acids is 2. The van der Waals surface area contributed by atoms with Gasteiger partial charge in [0.05, 0.1) is 6.61 Å². The minimum Gasteiger partial charge on any atom is -0.461 e. The monoisotopic (exact) mass is 199 g/mol. The number of aromatic amines is 1. The number of hydrogen-bond donors (Lipinski definition) is 1. The molecule has 0 aliphatic heterocycles. The highest BCUT2D eigenvalue weighted by atomic mass is 19.1. The summed E-state index contributed by atoms with van der Waals surface area (Å²) >= 11 is 0. The van der Waals surface area contributed by atoms with Crippen molar-refractivity contribution >= 4 is 12.3 Å². The van der Waals surface area contributed by atoms with Crippen molar-refractivity contribution in [1.29, 1.82) is 0 Å². The molecule has 14 heavy (non-hydrogen) atoms. The molecular formula is C9H10FNO3. The molecule has 0 saturated heterocycles. The van der Waals surface area contributed by atoms with E-state index < -0.39 is 11.8 Å². The average molecular weight is 199 g/mol. The van der Waals surface area contributed by atoms with Gasteiger partial charge in [0.2, 0.25) is 0 Å². The molecule has 1 rings (SSSR count). The number of aromatic nitrogens is 1. The van der Waals surface area contributed by atoms with Gasteiger partial charge in [-0.15, -0.1) is 0 Å². The van der Waals surface area contributed by atoms with Gasteiger partial charge < -0.3 is 9.72 Å². The van der Waals surface area contributed by atoms with Gasteiger partial charge in [-0.1, -0.05) is 0 Å². The van der Waals surface area contributed by atoms with Gasteiger partial charge in [-0.2, -0.15) is 0 Å². The van der Waals surface area contributed by atoms with E-state index in [-0.39, 0.29) is 23.6 Å². The molecule has 0 fully saturated rings. The van der Waals surface area contributed by atoms with E-state index in [1.54, 1.807) is 6.92 Å². The van der Waals surface area contributed by atoms with Gasteiger partial charge in [-0.25, -0.2) is 9.18 Å². The third kappa shape index (κ3) is 1.66. The van der Waals surface area contributed by atoms with Gasteiger partial charge in [0.15, 0.2) is 12.1 Å². The SMILES string of the molecule is CCOC(=O)c1[nH]c(C=O)c(F)c1C. The van der Waals surface area contributed by atoms with Gasteiger partial charge in [-0.3, -0.25) is 4.79 Å². The van der Waals surface area contributed by atoms with Crippen LogP contribution in [0, 0.1) is 12.7 Å². The molecule has 1 heterocycles. The number of nitrogens with one attached hydrogen (secondary N) is 1. The van der Waals surface area contributed by atoms with E-state index in [2.05, 4.69) is 9.72 Å². The molecule has 0 aromatic carbocycles. The Morgan fingerprint density at radius 3 is 2.71 bits per heavy atom. The van der Waals surface area contributed by atoms with Crippen LogP contribution in [0.3, 0.4) is 0 Å². The Labute approximate surface area is 80.1 Å². The van der Waals surface area contributed by atoms with Crippen LogP contribution in [0.15, 0.2) is 0 Å². The lowest BCUT2D eigenvalue weighted by atomic mass is 10.2. The van der Waals surface area contributed by atoms with Crippen LogP contribution in [0.2, 0.25) is 0 Å². The number of carbonyl (C=O) groups is 2. The number of ether oxygens (including phenoxy) is 1. The molecule has 4 nitrogen and oxygen atoms in total. The number of aldehydes is 1. The molecule has 0 aliphatic rings. The normalized spacial score (nSPS) is 9.93. The van der Waals surface area contributed by atoms with Crippen molar-refractivity contribution in [2.75, 3.05) is 6.61 Å². The maximum absolute atomic E-state index is 13.2. The summed E-state index contributed by atoms with van der Waals surface area (Å²) in [5.74, 6) is -1.36. The van der Waals surface area contributed by atoms with E-state index in [9.17, 15) is 14.0 Å². The summed E-state index contributed by atoms with van der Waals surface area (Å²) in [7, 11) is 0. The first kappa shape index (κ1) is 10.4. The molecule has 76 valence electrons. The summed E-state index contributed by atoms with van der Waals surface area (Å²) in [5, 5.41) is 0. The van der Waals surface area contributed by atoms with Crippen LogP contribution in [0.5, 0.6) is 0 Å². The Balaban J connectivity index is 3.10. The molecule has 5 heteroatoms. The van der Waals surface area contributed by atoms with Crippen molar-refractivity contribution in [3.8, 4) is 0 Å². The zero-order chi connectivity index (χ0) is 10.7. The van der Waals surface area contributed by atoms with Crippen molar-refractivity contribution in [2.45, 2.75) is 13.8 Å². The molecule has 0 radical (unpaired) electrons. The molecule has 1 aromatic heterocycles. The van der Waals surface area contributed by atoms with Gasteiger partial charge in [0.25, 0.3) is 0 Å². The Kier molecular flexibility index (Phi) is 3.01. The van der Waals surface area contributed by atoms with E-state index in [0.29, 0.717) is 6.29 Å². The summed E-state index contributed by atoms with van der Waals surface area (Å²) in [5.41, 5.74) is -0.137. The first-order chi connectivity index (χ1) is 6.61. The summed E-state index contributed by atoms with van der Waals surface area (Å²) in [6, 6.07) is 0. The second-order valence-electron chi connectivity index (χ2n) is 2.69. The predicted octanol–water partition coefficient (Wildman–Crippen LogP) is 1.45. The highest BCUT2D eigenvalue weighted by Gasteiger charge is 2.19. The van der Waals surface area contributed by atoms with Crippen LogP contribution in [-0.4, -0.2) is 23.8 Å². The van der Waals surface area contributed by atoms with Gasteiger partial charge >= 0.3 is 5.97 Å². The van der Waals surface area contributed by atoms with E-state index >= 15 is 0 Å². The minimum absolute atomic E-state index is 0.00792. The largest absolute Gasteiger partial charge is 0.461 e. The van der Waals surface area contributed by atoms with Crippen LogP contribution in [0.4, 0.5) is 4.39 Å². The minimum atomic E-state index is -0.706. The maximum Gasteiger partial charge on any atom is 0.355 e. The smallest absolute Gasteiger partial charge is 0.355 e. The summed E-state index contributed by atoms with van der Waals surface area (Å²) < 4.78 is 17.8. The van der Waals surface area contributed by atoms with Gasteiger partial charge in [0.1, 0.15) is 11.4 Å². The fourth-order valence-electron chi connectivity index (χ4n) is 1.08. The molecule has 0 atom stereocenters. The lowest BCUT2D eigenvalue weighted by Crippen LogP contribution is -2.06. The lowest BCUT2D eigenvalue weighted by Gasteiger charge is -1.99. The summed E-state index contributed by atoms with van der Waals surface area (Å²) in [6.45, 7) is 3.26. The van der Waals surface area contributed by atoms with Crippen LogP contribution >= 0.6 is 0 Å². The van der Waals surface area contributed by atoms with Crippen LogP contribution < -0.4 is 0 Å². The third-order valence-corrected chi connectivity index (χ3v) is 1.80. The number of halogens is 1. The van der Waals surface area contributed by atoms with Crippen molar-refractivity contribution in [3.05, 3.63) is 22.8 Å². The Hall–Kier alpha value is -1.65. The van der Waals surface area contributed by atoms with E-state index in [1.165, 1.54) is 6.92 Å². The van der Waals surface area contributed by atoms with E-state index in [1.807, 2.05) is 0 Å². The van der Waals surface area contributed by atoms with Crippen molar-refractivity contribution in [1.82, 2.24) is 4.98 Å². The molecule has 1 N–H and O–H groups in total. The molecule has 1 aromatic rings. The quantitative estimate of drug-likeness (QED) is 0.592. The molecule has 0 bridgehead atoms. The standard InChI is InChI=1S/C9H10FNO3/c1-3-14-9(13)8-5(2)7(10)6(4-12)11-8/h4,11H,3H2,1-2H3. The summed E-state index contributed by atoms with van der Waals surface area (Å²) in [4.78, 5) is 23.9. The Morgan fingerprint density at radius 1 is 1.64 bits per heavy atom. The van der Waals surface area contributed by atoms with Crippen molar-refractivity contribution in [3.63, 3.8) is 0 Å². The van der Waals surface area contributed by atoms with E-state index in [0.717, 1.165) is 0 Å². The van der Waals surface area contributed by atoms with Gasteiger partial charge in [-0.05, 0) is 13.8 Å². The van der Waals surface area contributed by atoms with E-state index in [4.69, 9.17) is 0 Å². The van der Waals surface area contributed by atoms with Gasteiger partial charge in [0, 0.05) is 5.56 Å². The molecule has 0 amide bonds. The maximum atomic E-state index is 13.2. The first-order valence-electron chi connectivity index (χ1n) is 4.12. The predicted molar refractivity (Wildman–Crippen MR) is 46.8 cm³/mol. The molecule has 0 saturated carbocycles.